The second kappa shape index (κ2) is 11.4. The highest BCUT2D eigenvalue weighted by atomic mass is 16.5. The predicted molar refractivity (Wildman–Crippen MR) is 70.9 cm³/mol. The first-order valence-electron chi connectivity index (χ1n) is 6.57. The van der Waals surface area contributed by atoms with Crippen LogP contribution >= 0.6 is 0 Å². The number of hydrogen-bond donors (Lipinski definition) is 1. The van der Waals surface area contributed by atoms with E-state index in [9.17, 15) is 0 Å². The van der Waals surface area contributed by atoms with E-state index >= 15 is 0 Å². The second-order valence-electron chi connectivity index (χ2n) is 4.93. The first-order valence-corrected chi connectivity index (χ1v) is 6.57. The van der Waals surface area contributed by atoms with E-state index in [1.165, 1.54) is 19.4 Å². The van der Waals surface area contributed by atoms with Gasteiger partial charge in [0.15, 0.2) is 0 Å². The number of unbranched alkanes of at least 4 members (excludes halogenated alkanes) is 1. The molecule has 0 aliphatic heterocycles. The maximum absolute atomic E-state index is 5.58. The lowest BCUT2D eigenvalue weighted by molar-refractivity contribution is 0.119. The Hall–Kier alpha value is -0.120. The molecule has 0 heterocycles. The molecule has 0 fully saturated rings. The minimum Gasteiger partial charge on any atom is -0.381 e. The number of rotatable bonds is 11. The molecule has 0 aromatic rings. The maximum atomic E-state index is 5.58. The molecule has 0 aromatic heterocycles. The minimum absolute atomic E-state index is 0.757. The molecular formula is C13H30N2O. The standard InChI is InChI=1S/C13H30N2O/c1-13(2)12-15(4)9-7-11-16-10-6-5-8-14-3/h13-14H,5-12H2,1-4H3. The monoisotopic (exact) mass is 230 g/mol. The molecule has 0 amide bonds. The largest absolute Gasteiger partial charge is 0.381 e. The third-order valence-electron chi connectivity index (χ3n) is 2.47. The maximum Gasteiger partial charge on any atom is 0.0478 e. The van der Waals surface area contributed by atoms with Crippen LogP contribution in [0.5, 0.6) is 0 Å². The fraction of sp³-hybridized carbons (Fsp3) is 1.00. The Morgan fingerprint density at radius 1 is 1.12 bits per heavy atom. The van der Waals surface area contributed by atoms with Crippen molar-refractivity contribution in [1.29, 1.82) is 0 Å². The van der Waals surface area contributed by atoms with Crippen molar-refractivity contribution >= 4 is 0 Å². The highest BCUT2D eigenvalue weighted by molar-refractivity contribution is 4.54. The smallest absolute Gasteiger partial charge is 0.0478 e. The fourth-order valence-electron chi connectivity index (χ4n) is 1.76. The van der Waals surface area contributed by atoms with E-state index in [0.29, 0.717) is 0 Å². The normalized spacial score (nSPS) is 11.6. The van der Waals surface area contributed by atoms with Crippen molar-refractivity contribution in [2.24, 2.45) is 5.92 Å². The molecule has 0 atom stereocenters. The third-order valence-corrected chi connectivity index (χ3v) is 2.47. The average molecular weight is 230 g/mol. The molecule has 1 N–H and O–H groups in total. The molecule has 0 saturated carbocycles. The van der Waals surface area contributed by atoms with Crippen LogP contribution in [0.3, 0.4) is 0 Å². The van der Waals surface area contributed by atoms with Gasteiger partial charge in [-0.2, -0.15) is 0 Å². The Labute approximate surface area is 102 Å². The summed E-state index contributed by atoms with van der Waals surface area (Å²) in [6.45, 7) is 9.76. The first-order chi connectivity index (χ1) is 7.66. The molecule has 98 valence electrons. The molecule has 0 unspecified atom stereocenters. The third kappa shape index (κ3) is 12.0. The Morgan fingerprint density at radius 3 is 2.44 bits per heavy atom. The average Bonchev–Trinajstić information content (AvgIpc) is 2.21. The number of nitrogens with zero attached hydrogens (tertiary/aromatic N) is 1. The lowest BCUT2D eigenvalue weighted by Crippen LogP contribution is -2.25. The molecule has 0 aliphatic carbocycles. The molecule has 3 nitrogen and oxygen atoms in total. The van der Waals surface area contributed by atoms with Gasteiger partial charge in [-0.25, -0.2) is 0 Å². The van der Waals surface area contributed by atoms with Crippen LogP contribution < -0.4 is 5.32 Å². The van der Waals surface area contributed by atoms with Crippen LogP contribution in [0, 0.1) is 5.92 Å². The summed E-state index contributed by atoms with van der Waals surface area (Å²) in [6.07, 6.45) is 3.53. The van der Waals surface area contributed by atoms with E-state index in [4.69, 9.17) is 4.74 Å². The molecular weight excluding hydrogens is 200 g/mol. The molecule has 3 heteroatoms. The number of nitrogens with one attached hydrogen (secondary N) is 1. The van der Waals surface area contributed by atoms with Gasteiger partial charge in [-0.3, -0.25) is 0 Å². The molecule has 0 radical (unpaired) electrons. The number of hydrogen-bond acceptors (Lipinski definition) is 3. The van der Waals surface area contributed by atoms with Crippen LogP contribution in [0.15, 0.2) is 0 Å². The van der Waals surface area contributed by atoms with E-state index < -0.39 is 0 Å². The van der Waals surface area contributed by atoms with Gasteiger partial charge in [0.05, 0.1) is 0 Å². The molecule has 0 rings (SSSR count). The summed E-state index contributed by atoms with van der Waals surface area (Å²) in [4.78, 5) is 2.38. The summed E-state index contributed by atoms with van der Waals surface area (Å²) in [5, 5.41) is 3.14. The Balaban J connectivity index is 3.08. The van der Waals surface area contributed by atoms with Crippen molar-refractivity contribution in [1.82, 2.24) is 10.2 Å². The Morgan fingerprint density at radius 2 is 1.81 bits per heavy atom. The molecule has 0 spiro atoms. The van der Waals surface area contributed by atoms with Gasteiger partial charge in [0, 0.05) is 26.3 Å². The predicted octanol–water partition coefficient (Wildman–Crippen LogP) is 1.98. The van der Waals surface area contributed by atoms with Crippen LogP contribution in [-0.2, 0) is 4.74 Å². The van der Waals surface area contributed by atoms with Crippen molar-refractivity contribution in [2.45, 2.75) is 33.1 Å². The lowest BCUT2D eigenvalue weighted by Gasteiger charge is -2.18. The van der Waals surface area contributed by atoms with Gasteiger partial charge >= 0.3 is 0 Å². The van der Waals surface area contributed by atoms with Crippen molar-refractivity contribution in [3.63, 3.8) is 0 Å². The van der Waals surface area contributed by atoms with Gasteiger partial charge in [-0.05, 0) is 45.8 Å². The molecule has 16 heavy (non-hydrogen) atoms. The Bertz CT molecular complexity index is 140. The van der Waals surface area contributed by atoms with Crippen LogP contribution in [0.1, 0.15) is 33.1 Å². The number of ether oxygens (including phenoxy) is 1. The fourth-order valence-corrected chi connectivity index (χ4v) is 1.76. The van der Waals surface area contributed by atoms with Gasteiger partial charge in [0.2, 0.25) is 0 Å². The van der Waals surface area contributed by atoms with Crippen molar-refractivity contribution in [3.05, 3.63) is 0 Å². The minimum atomic E-state index is 0.757. The SMILES string of the molecule is CNCCCCOCCCN(C)CC(C)C. The lowest BCUT2D eigenvalue weighted by atomic mass is 10.2. The summed E-state index contributed by atoms with van der Waals surface area (Å²) in [7, 11) is 4.18. The molecule has 0 aromatic carbocycles. The van der Waals surface area contributed by atoms with E-state index in [0.717, 1.165) is 38.6 Å². The van der Waals surface area contributed by atoms with Crippen LogP contribution in [0.2, 0.25) is 0 Å². The van der Waals surface area contributed by atoms with Crippen LogP contribution in [-0.4, -0.2) is 51.8 Å². The van der Waals surface area contributed by atoms with Crippen molar-refractivity contribution in [2.75, 3.05) is 46.9 Å². The summed E-state index contributed by atoms with van der Waals surface area (Å²) >= 11 is 0. The zero-order valence-electron chi connectivity index (χ0n) is 11.6. The highest BCUT2D eigenvalue weighted by Crippen LogP contribution is 1.97. The van der Waals surface area contributed by atoms with Gasteiger partial charge in [0.1, 0.15) is 0 Å². The van der Waals surface area contributed by atoms with Crippen molar-refractivity contribution in [3.8, 4) is 0 Å². The molecule has 0 bridgehead atoms. The van der Waals surface area contributed by atoms with E-state index in [2.05, 4.69) is 31.1 Å². The summed E-state index contributed by atoms with van der Waals surface area (Å²) in [6, 6.07) is 0. The van der Waals surface area contributed by atoms with Gasteiger partial charge in [-0.1, -0.05) is 13.8 Å². The van der Waals surface area contributed by atoms with Gasteiger partial charge < -0.3 is 15.0 Å². The summed E-state index contributed by atoms with van der Waals surface area (Å²) in [5.74, 6) is 0.757. The zero-order chi connectivity index (χ0) is 12.2. The van der Waals surface area contributed by atoms with Crippen molar-refractivity contribution < 1.29 is 4.74 Å². The van der Waals surface area contributed by atoms with Gasteiger partial charge in [-0.15, -0.1) is 0 Å². The molecule has 0 aliphatic rings. The van der Waals surface area contributed by atoms with Gasteiger partial charge in [0.25, 0.3) is 0 Å². The topological polar surface area (TPSA) is 24.5 Å². The quantitative estimate of drug-likeness (QED) is 0.549. The highest BCUT2D eigenvalue weighted by Gasteiger charge is 2.00. The Kier molecular flexibility index (Phi) is 11.3. The summed E-state index contributed by atoms with van der Waals surface area (Å²) in [5.41, 5.74) is 0. The van der Waals surface area contributed by atoms with E-state index in [1.54, 1.807) is 0 Å². The molecule has 0 saturated heterocycles. The second-order valence-corrected chi connectivity index (χ2v) is 4.93. The zero-order valence-corrected chi connectivity index (χ0v) is 11.6. The first kappa shape index (κ1) is 15.9. The van der Waals surface area contributed by atoms with Crippen LogP contribution in [0.25, 0.3) is 0 Å². The van der Waals surface area contributed by atoms with Crippen LogP contribution in [0.4, 0.5) is 0 Å². The van der Waals surface area contributed by atoms with E-state index in [1.807, 2.05) is 7.05 Å². The van der Waals surface area contributed by atoms with E-state index in [-0.39, 0.29) is 0 Å². The summed E-state index contributed by atoms with van der Waals surface area (Å²) < 4.78 is 5.58.